The van der Waals surface area contributed by atoms with Crippen LogP contribution in [0, 0.1) is 4.91 Å². The van der Waals surface area contributed by atoms with Crippen LogP contribution >= 0.6 is 0 Å². The van der Waals surface area contributed by atoms with Gasteiger partial charge in [-0.3, -0.25) is 0 Å². The molecule has 0 N–H and O–H groups in total. The fraction of sp³-hybridized carbons (Fsp3) is 0.375. The third-order valence-corrected chi connectivity index (χ3v) is 4.26. The van der Waals surface area contributed by atoms with Crippen LogP contribution < -0.4 is 0 Å². The van der Waals surface area contributed by atoms with Crippen LogP contribution in [0.1, 0.15) is 24.4 Å². The molecule has 4 nitrogen and oxygen atoms in total. The van der Waals surface area contributed by atoms with Crippen LogP contribution in [-0.2, 0) is 0 Å². The molecule has 0 saturated carbocycles. The van der Waals surface area contributed by atoms with E-state index in [4.69, 9.17) is 0 Å². The van der Waals surface area contributed by atoms with Crippen molar-refractivity contribution in [2.24, 2.45) is 5.18 Å². The third kappa shape index (κ3) is 2.16. The smallest absolute Gasteiger partial charge is 0.110 e. The van der Waals surface area contributed by atoms with E-state index in [1.807, 2.05) is 18.2 Å². The number of nitroso groups, excluding NO2 is 1. The van der Waals surface area contributed by atoms with Crippen LogP contribution in [0.4, 0.5) is 5.69 Å². The van der Waals surface area contributed by atoms with Gasteiger partial charge in [-0.1, -0.05) is 12.7 Å². The van der Waals surface area contributed by atoms with Crippen molar-refractivity contribution in [1.29, 1.82) is 0 Å². The van der Waals surface area contributed by atoms with Crippen molar-refractivity contribution in [1.82, 2.24) is 9.47 Å². The van der Waals surface area contributed by atoms with Gasteiger partial charge in [0.2, 0.25) is 0 Å². The number of fused-ring (bicyclic) bond motifs is 1. The first-order chi connectivity index (χ1) is 9.72. The van der Waals surface area contributed by atoms with Gasteiger partial charge in [0.1, 0.15) is 5.69 Å². The minimum Gasteiger partial charge on any atom is -0.344 e. The molecule has 4 heteroatoms. The number of nitrogens with zero attached hydrogens (tertiary/aromatic N) is 3. The predicted octanol–water partition coefficient (Wildman–Crippen LogP) is 3.95. The van der Waals surface area contributed by atoms with Gasteiger partial charge < -0.3 is 9.47 Å². The number of hydrogen-bond donors (Lipinski definition) is 0. The Bertz CT molecular complexity index is 651. The molecule has 0 amide bonds. The van der Waals surface area contributed by atoms with Crippen molar-refractivity contribution in [2.75, 3.05) is 20.1 Å². The van der Waals surface area contributed by atoms with Crippen LogP contribution in [0.15, 0.2) is 36.2 Å². The Morgan fingerprint density at radius 2 is 2.10 bits per heavy atom. The van der Waals surface area contributed by atoms with Gasteiger partial charge in [0.05, 0.1) is 5.52 Å². The third-order valence-electron chi connectivity index (χ3n) is 4.26. The SMILES string of the molecule is C=Cc1cn(C2CCN(C)CC2)c2cc(N=O)ccc12. The molecule has 0 radical (unpaired) electrons. The average molecular weight is 269 g/mol. The highest BCUT2D eigenvalue weighted by Gasteiger charge is 2.20. The zero-order valence-electron chi connectivity index (χ0n) is 11.7. The lowest BCUT2D eigenvalue weighted by atomic mass is 10.1. The summed E-state index contributed by atoms with van der Waals surface area (Å²) in [7, 11) is 2.16. The van der Waals surface area contributed by atoms with Crippen molar-refractivity contribution < 1.29 is 0 Å². The van der Waals surface area contributed by atoms with Crippen molar-refractivity contribution >= 4 is 22.7 Å². The highest BCUT2D eigenvalue weighted by atomic mass is 16.3. The molecule has 1 aliphatic rings. The first-order valence-corrected chi connectivity index (χ1v) is 7.02. The Morgan fingerprint density at radius 3 is 2.75 bits per heavy atom. The Morgan fingerprint density at radius 1 is 1.35 bits per heavy atom. The van der Waals surface area contributed by atoms with E-state index in [9.17, 15) is 4.91 Å². The molecule has 0 spiro atoms. The topological polar surface area (TPSA) is 37.6 Å². The number of rotatable bonds is 3. The van der Waals surface area contributed by atoms with Crippen LogP contribution in [0.2, 0.25) is 0 Å². The number of aromatic nitrogens is 1. The largest absolute Gasteiger partial charge is 0.344 e. The monoisotopic (exact) mass is 269 g/mol. The highest BCUT2D eigenvalue weighted by Crippen LogP contribution is 2.32. The summed E-state index contributed by atoms with van der Waals surface area (Å²) >= 11 is 0. The second-order valence-electron chi connectivity index (χ2n) is 5.52. The van der Waals surface area contributed by atoms with Gasteiger partial charge in [-0.15, -0.1) is 4.91 Å². The Kier molecular flexibility index (Phi) is 3.40. The minimum absolute atomic E-state index is 0.486. The molecule has 1 saturated heterocycles. The highest BCUT2D eigenvalue weighted by molar-refractivity contribution is 5.91. The van der Waals surface area contributed by atoms with E-state index in [1.165, 1.54) is 0 Å². The predicted molar refractivity (Wildman–Crippen MR) is 83.3 cm³/mol. The molecule has 1 aromatic heterocycles. The van der Waals surface area contributed by atoms with Crippen LogP contribution in [0.3, 0.4) is 0 Å². The second-order valence-corrected chi connectivity index (χ2v) is 5.52. The van der Waals surface area contributed by atoms with E-state index in [0.717, 1.165) is 42.4 Å². The van der Waals surface area contributed by atoms with Gasteiger partial charge in [-0.2, -0.15) is 0 Å². The Labute approximate surface area is 118 Å². The van der Waals surface area contributed by atoms with Gasteiger partial charge in [0.15, 0.2) is 0 Å². The fourth-order valence-electron chi connectivity index (χ4n) is 3.06. The maximum absolute atomic E-state index is 10.8. The average Bonchev–Trinajstić information content (AvgIpc) is 2.86. The molecule has 0 atom stereocenters. The summed E-state index contributed by atoms with van der Waals surface area (Å²) in [6.45, 7) is 6.11. The summed E-state index contributed by atoms with van der Waals surface area (Å²) in [6, 6.07) is 6.10. The summed E-state index contributed by atoms with van der Waals surface area (Å²) in [5.41, 5.74) is 2.70. The van der Waals surface area contributed by atoms with Gasteiger partial charge >= 0.3 is 0 Å². The molecule has 0 bridgehead atoms. The van der Waals surface area contributed by atoms with E-state index in [2.05, 4.69) is 34.5 Å². The number of benzene rings is 1. The quantitative estimate of drug-likeness (QED) is 0.791. The number of likely N-dealkylation sites (tertiary alicyclic amines) is 1. The zero-order chi connectivity index (χ0) is 14.1. The molecule has 2 heterocycles. The molecule has 2 aromatic rings. The summed E-state index contributed by atoms with van der Waals surface area (Å²) < 4.78 is 2.30. The van der Waals surface area contributed by atoms with E-state index < -0.39 is 0 Å². The first-order valence-electron chi connectivity index (χ1n) is 7.02. The zero-order valence-corrected chi connectivity index (χ0v) is 11.7. The van der Waals surface area contributed by atoms with Gasteiger partial charge in [0.25, 0.3) is 0 Å². The summed E-state index contributed by atoms with van der Waals surface area (Å²) in [5.74, 6) is 0. The second kappa shape index (κ2) is 5.21. The molecular formula is C16H19N3O. The minimum atomic E-state index is 0.486. The normalized spacial score (nSPS) is 17.4. The summed E-state index contributed by atoms with van der Waals surface area (Å²) in [4.78, 5) is 13.1. The van der Waals surface area contributed by atoms with E-state index in [0.29, 0.717) is 11.7 Å². The molecule has 1 aromatic carbocycles. The van der Waals surface area contributed by atoms with Crippen LogP contribution in [0.25, 0.3) is 17.0 Å². The van der Waals surface area contributed by atoms with E-state index >= 15 is 0 Å². The maximum Gasteiger partial charge on any atom is 0.110 e. The number of piperidine rings is 1. The molecule has 3 rings (SSSR count). The molecule has 1 fully saturated rings. The van der Waals surface area contributed by atoms with Crippen molar-refractivity contribution in [3.8, 4) is 0 Å². The molecule has 104 valence electrons. The van der Waals surface area contributed by atoms with Crippen LogP contribution in [-0.4, -0.2) is 29.6 Å². The molecule has 0 unspecified atom stereocenters. The van der Waals surface area contributed by atoms with Crippen molar-refractivity contribution in [3.63, 3.8) is 0 Å². The van der Waals surface area contributed by atoms with Gasteiger partial charge in [0, 0.05) is 17.6 Å². The van der Waals surface area contributed by atoms with Gasteiger partial charge in [-0.25, -0.2) is 0 Å². The van der Waals surface area contributed by atoms with Crippen LogP contribution in [0.5, 0.6) is 0 Å². The lowest BCUT2D eigenvalue weighted by Gasteiger charge is -2.30. The molecule has 0 aliphatic carbocycles. The van der Waals surface area contributed by atoms with Gasteiger partial charge in [-0.05, 0) is 61.9 Å². The van der Waals surface area contributed by atoms with E-state index in [-0.39, 0.29) is 0 Å². The van der Waals surface area contributed by atoms with Crippen molar-refractivity contribution in [3.05, 3.63) is 41.4 Å². The first kappa shape index (κ1) is 13.1. The number of hydrogen-bond acceptors (Lipinski definition) is 3. The van der Waals surface area contributed by atoms with E-state index in [1.54, 1.807) is 6.07 Å². The molecular weight excluding hydrogens is 250 g/mol. The fourth-order valence-corrected chi connectivity index (χ4v) is 3.06. The molecule has 1 aliphatic heterocycles. The Hall–Kier alpha value is -1.94. The standard InChI is InChI=1S/C16H19N3O/c1-3-12-11-19(14-6-8-18(2)9-7-14)16-10-13(17-20)4-5-15(12)16/h3-5,10-11,14H,1,6-9H2,2H3. The summed E-state index contributed by atoms with van der Waals surface area (Å²) in [6.07, 6.45) is 6.30. The maximum atomic E-state index is 10.8. The molecule has 20 heavy (non-hydrogen) atoms. The lowest BCUT2D eigenvalue weighted by Crippen LogP contribution is -2.31. The summed E-state index contributed by atoms with van der Waals surface area (Å²) in [5, 5.41) is 4.20. The Balaban J connectivity index is 2.09. The van der Waals surface area contributed by atoms with Crippen molar-refractivity contribution in [2.45, 2.75) is 18.9 Å². The lowest BCUT2D eigenvalue weighted by molar-refractivity contribution is 0.224.